The van der Waals surface area contributed by atoms with E-state index in [0.717, 1.165) is 16.5 Å². The van der Waals surface area contributed by atoms with Crippen LogP contribution in [-0.2, 0) is 6.61 Å². The first-order valence-electron chi connectivity index (χ1n) is 5.66. The standard InChI is InChI=1S/C14H11N3O/c1-2-7-13-11(5-1)9-16-17-14(13)18-10-12-6-3-4-8-15-12/h1-9H,10H2. The van der Waals surface area contributed by atoms with Crippen molar-refractivity contribution in [3.05, 3.63) is 60.6 Å². The third-order valence-electron chi connectivity index (χ3n) is 2.62. The van der Waals surface area contributed by atoms with Gasteiger partial charge in [0.25, 0.3) is 0 Å². The SMILES string of the molecule is c1ccc(COc2nncc3ccccc23)nc1. The van der Waals surface area contributed by atoms with E-state index in [1.54, 1.807) is 12.4 Å². The number of aromatic nitrogens is 3. The van der Waals surface area contributed by atoms with Crippen molar-refractivity contribution in [2.45, 2.75) is 6.61 Å². The smallest absolute Gasteiger partial charge is 0.241 e. The van der Waals surface area contributed by atoms with E-state index < -0.39 is 0 Å². The Morgan fingerprint density at radius 2 is 1.89 bits per heavy atom. The van der Waals surface area contributed by atoms with Gasteiger partial charge in [0.1, 0.15) is 6.61 Å². The summed E-state index contributed by atoms with van der Waals surface area (Å²) in [7, 11) is 0. The van der Waals surface area contributed by atoms with Crippen LogP contribution in [0.2, 0.25) is 0 Å². The summed E-state index contributed by atoms with van der Waals surface area (Å²) >= 11 is 0. The highest BCUT2D eigenvalue weighted by molar-refractivity contribution is 5.85. The lowest BCUT2D eigenvalue weighted by atomic mass is 10.2. The lowest BCUT2D eigenvalue weighted by Gasteiger charge is -2.06. The highest BCUT2D eigenvalue weighted by Crippen LogP contribution is 2.21. The largest absolute Gasteiger partial charge is 0.470 e. The second-order valence-corrected chi connectivity index (χ2v) is 3.85. The Balaban J connectivity index is 1.87. The molecule has 0 radical (unpaired) electrons. The van der Waals surface area contributed by atoms with E-state index in [4.69, 9.17) is 4.74 Å². The minimum absolute atomic E-state index is 0.392. The van der Waals surface area contributed by atoms with E-state index in [1.807, 2.05) is 42.5 Å². The summed E-state index contributed by atoms with van der Waals surface area (Å²) in [4.78, 5) is 4.20. The molecule has 0 saturated heterocycles. The number of benzene rings is 1. The van der Waals surface area contributed by atoms with Crippen molar-refractivity contribution in [2.24, 2.45) is 0 Å². The van der Waals surface area contributed by atoms with Gasteiger partial charge in [-0.3, -0.25) is 4.98 Å². The quantitative estimate of drug-likeness (QED) is 0.702. The summed E-state index contributed by atoms with van der Waals surface area (Å²) in [5.41, 5.74) is 0.868. The Kier molecular flexibility index (Phi) is 2.84. The molecule has 0 atom stereocenters. The van der Waals surface area contributed by atoms with Gasteiger partial charge < -0.3 is 4.74 Å². The van der Waals surface area contributed by atoms with Crippen molar-refractivity contribution in [3.63, 3.8) is 0 Å². The predicted molar refractivity (Wildman–Crippen MR) is 68.1 cm³/mol. The zero-order chi connectivity index (χ0) is 12.2. The first-order chi connectivity index (χ1) is 8.93. The highest BCUT2D eigenvalue weighted by Gasteiger charge is 2.04. The number of ether oxygens (including phenoxy) is 1. The van der Waals surface area contributed by atoms with Crippen LogP contribution >= 0.6 is 0 Å². The minimum Gasteiger partial charge on any atom is -0.470 e. The first-order valence-corrected chi connectivity index (χ1v) is 5.66. The predicted octanol–water partition coefficient (Wildman–Crippen LogP) is 2.60. The van der Waals surface area contributed by atoms with Crippen LogP contribution in [0.1, 0.15) is 5.69 Å². The van der Waals surface area contributed by atoms with Crippen LogP contribution in [-0.4, -0.2) is 15.2 Å². The van der Waals surface area contributed by atoms with Crippen molar-refractivity contribution < 1.29 is 4.74 Å². The second kappa shape index (κ2) is 4.79. The van der Waals surface area contributed by atoms with Crippen LogP contribution < -0.4 is 4.74 Å². The van der Waals surface area contributed by atoms with Gasteiger partial charge in [0.2, 0.25) is 5.88 Å². The number of rotatable bonds is 3. The fourth-order valence-corrected chi connectivity index (χ4v) is 1.73. The third-order valence-corrected chi connectivity index (χ3v) is 2.62. The van der Waals surface area contributed by atoms with Crippen LogP contribution in [0.3, 0.4) is 0 Å². The summed E-state index contributed by atoms with van der Waals surface area (Å²) in [5, 5.41) is 9.93. The van der Waals surface area contributed by atoms with Gasteiger partial charge >= 0.3 is 0 Å². The minimum atomic E-state index is 0.392. The number of hydrogen-bond acceptors (Lipinski definition) is 4. The number of nitrogens with zero attached hydrogens (tertiary/aromatic N) is 3. The van der Waals surface area contributed by atoms with Crippen LogP contribution in [0.4, 0.5) is 0 Å². The molecule has 0 N–H and O–H groups in total. The van der Waals surface area contributed by atoms with Gasteiger partial charge in [0, 0.05) is 17.0 Å². The van der Waals surface area contributed by atoms with Crippen molar-refractivity contribution in [2.75, 3.05) is 0 Å². The molecular formula is C14H11N3O. The van der Waals surface area contributed by atoms with E-state index >= 15 is 0 Å². The van der Waals surface area contributed by atoms with E-state index in [1.165, 1.54) is 0 Å². The van der Waals surface area contributed by atoms with E-state index in [2.05, 4.69) is 15.2 Å². The molecule has 0 spiro atoms. The molecule has 4 heteroatoms. The fraction of sp³-hybridized carbons (Fsp3) is 0.0714. The topological polar surface area (TPSA) is 47.9 Å². The highest BCUT2D eigenvalue weighted by atomic mass is 16.5. The van der Waals surface area contributed by atoms with Crippen LogP contribution in [0, 0.1) is 0 Å². The summed E-state index contributed by atoms with van der Waals surface area (Å²) in [5.74, 6) is 0.541. The molecule has 2 aromatic heterocycles. The Hall–Kier alpha value is -2.49. The molecule has 0 bridgehead atoms. The third kappa shape index (κ3) is 2.13. The molecule has 0 aliphatic carbocycles. The Morgan fingerprint density at radius 1 is 1.00 bits per heavy atom. The van der Waals surface area contributed by atoms with Gasteiger partial charge in [-0.05, 0) is 18.2 Å². The summed E-state index contributed by atoms with van der Waals surface area (Å²) < 4.78 is 5.67. The second-order valence-electron chi connectivity index (χ2n) is 3.85. The average Bonchev–Trinajstić information content (AvgIpc) is 2.46. The summed E-state index contributed by atoms with van der Waals surface area (Å²) in [6.45, 7) is 0.392. The van der Waals surface area contributed by atoms with Crippen LogP contribution in [0.15, 0.2) is 54.9 Å². The van der Waals surface area contributed by atoms with Gasteiger partial charge in [0.15, 0.2) is 0 Å². The molecule has 0 saturated carbocycles. The average molecular weight is 237 g/mol. The van der Waals surface area contributed by atoms with Crippen LogP contribution in [0.25, 0.3) is 10.8 Å². The zero-order valence-electron chi connectivity index (χ0n) is 9.65. The summed E-state index contributed by atoms with van der Waals surface area (Å²) in [6, 6.07) is 13.6. The molecule has 2 heterocycles. The van der Waals surface area contributed by atoms with Gasteiger partial charge in [-0.25, -0.2) is 0 Å². The van der Waals surface area contributed by atoms with E-state index in [9.17, 15) is 0 Å². The van der Waals surface area contributed by atoms with Gasteiger partial charge in [-0.15, -0.1) is 5.10 Å². The molecule has 3 rings (SSSR count). The van der Waals surface area contributed by atoms with Gasteiger partial charge in [-0.2, -0.15) is 5.10 Å². The molecular weight excluding hydrogens is 226 g/mol. The Bertz CT molecular complexity index is 650. The zero-order valence-corrected chi connectivity index (χ0v) is 9.65. The number of fused-ring (bicyclic) bond motifs is 1. The molecule has 0 unspecified atom stereocenters. The maximum absolute atomic E-state index is 5.67. The summed E-state index contributed by atoms with van der Waals surface area (Å²) in [6.07, 6.45) is 3.47. The first kappa shape index (κ1) is 10.7. The lowest BCUT2D eigenvalue weighted by molar-refractivity contribution is 0.290. The molecule has 4 nitrogen and oxygen atoms in total. The van der Waals surface area contributed by atoms with E-state index in [0.29, 0.717) is 12.5 Å². The van der Waals surface area contributed by atoms with Crippen molar-refractivity contribution in [3.8, 4) is 5.88 Å². The molecule has 0 aliphatic rings. The van der Waals surface area contributed by atoms with Gasteiger partial charge in [0.05, 0.1) is 11.9 Å². The number of hydrogen-bond donors (Lipinski definition) is 0. The van der Waals surface area contributed by atoms with Gasteiger partial charge in [-0.1, -0.05) is 24.3 Å². The molecule has 0 fully saturated rings. The number of pyridine rings is 1. The molecule has 0 aliphatic heterocycles. The molecule has 3 aromatic rings. The molecule has 1 aromatic carbocycles. The van der Waals surface area contributed by atoms with Crippen LogP contribution in [0.5, 0.6) is 5.88 Å². The lowest BCUT2D eigenvalue weighted by Crippen LogP contribution is -2.00. The monoisotopic (exact) mass is 237 g/mol. The molecule has 18 heavy (non-hydrogen) atoms. The maximum Gasteiger partial charge on any atom is 0.241 e. The Labute approximate surface area is 104 Å². The Morgan fingerprint density at radius 3 is 2.78 bits per heavy atom. The fourth-order valence-electron chi connectivity index (χ4n) is 1.73. The molecule has 88 valence electrons. The molecule has 0 amide bonds. The van der Waals surface area contributed by atoms with E-state index in [-0.39, 0.29) is 0 Å². The van der Waals surface area contributed by atoms with Crippen molar-refractivity contribution in [1.82, 2.24) is 15.2 Å². The normalized spacial score (nSPS) is 10.4. The van der Waals surface area contributed by atoms with Crippen molar-refractivity contribution >= 4 is 10.8 Å². The van der Waals surface area contributed by atoms with Crippen molar-refractivity contribution in [1.29, 1.82) is 0 Å². The maximum atomic E-state index is 5.67.